The van der Waals surface area contributed by atoms with Crippen molar-refractivity contribution in [2.75, 3.05) is 18.0 Å². The highest BCUT2D eigenvalue weighted by Gasteiger charge is 2.43. The molecule has 0 aliphatic carbocycles. The van der Waals surface area contributed by atoms with Crippen molar-refractivity contribution in [2.24, 2.45) is 0 Å². The highest BCUT2D eigenvalue weighted by molar-refractivity contribution is 7.14. The number of nitrogens with zero attached hydrogens (tertiary/aromatic N) is 3. The number of carboxylic acid groups (broad SMARTS) is 1. The Morgan fingerprint density at radius 2 is 2.29 bits per heavy atom. The number of likely N-dealkylation sites (tertiary alicyclic amines) is 1. The number of carboxylic acids is 1. The fourth-order valence-electron chi connectivity index (χ4n) is 2.70. The van der Waals surface area contributed by atoms with Gasteiger partial charge in [-0.05, 0) is 33.2 Å². The van der Waals surface area contributed by atoms with E-state index in [2.05, 4.69) is 4.98 Å². The number of hydrogen-bond donors (Lipinski definition) is 1. The highest BCUT2D eigenvalue weighted by Crippen LogP contribution is 2.31. The molecular weight excluding hydrogens is 290 g/mol. The summed E-state index contributed by atoms with van der Waals surface area (Å²) in [7, 11) is 0. The predicted molar refractivity (Wildman–Crippen MR) is 81.5 cm³/mol. The molecule has 1 aromatic heterocycles. The van der Waals surface area contributed by atoms with Crippen LogP contribution in [0.1, 0.15) is 39.3 Å². The van der Waals surface area contributed by atoms with Crippen molar-refractivity contribution in [3.63, 3.8) is 0 Å². The van der Waals surface area contributed by atoms with Crippen LogP contribution in [0.3, 0.4) is 0 Å². The Morgan fingerprint density at radius 3 is 2.86 bits per heavy atom. The molecule has 6 nitrogen and oxygen atoms in total. The van der Waals surface area contributed by atoms with Crippen LogP contribution in [0.2, 0.25) is 0 Å². The Bertz CT molecular complexity index is 545. The first-order valence-corrected chi connectivity index (χ1v) is 7.97. The van der Waals surface area contributed by atoms with Crippen LogP contribution in [-0.4, -0.2) is 45.5 Å². The molecule has 1 N–H and O–H groups in total. The fraction of sp³-hybridized carbons (Fsp3) is 0.643. The van der Waals surface area contributed by atoms with Crippen molar-refractivity contribution < 1.29 is 14.7 Å². The molecule has 1 saturated heterocycles. The normalized spacial score (nSPS) is 22.4. The Kier molecular flexibility index (Phi) is 4.63. The molecule has 1 atom stereocenters. The molecule has 0 saturated carbocycles. The van der Waals surface area contributed by atoms with Crippen molar-refractivity contribution >= 4 is 28.3 Å². The number of anilines is 1. The van der Waals surface area contributed by atoms with E-state index in [0.717, 1.165) is 18.7 Å². The second-order valence-corrected chi connectivity index (χ2v) is 6.33. The summed E-state index contributed by atoms with van der Waals surface area (Å²) in [6, 6.07) is 0. The molecule has 1 aromatic rings. The maximum absolute atomic E-state index is 11.5. The van der Waals surface area contributed by atoms with E-state index >= 15 is 0 Å². The van der Waals surface area contributed by atoms with Crippen LogP contribution in [0, 0.1) is 0 Å². The van der Waals surface area contributed by atoms with Gasteiger partial charge in [-0.2, -0.15) is 0 Å². The third-order valence-electron chi connectivity index (χ3n) is 4.07. The summed E-state index contributed by atoms with van der Waals surface area (Å²) >= 11 is 1.42. The number of carbonyl (C=O) groups excluding carboxylic acids is 1. The Morgan fingerprint density at radius 1 is 1.57 bits per heavy atom. The second-order valence-electron chi connectivity index (χ2n) is 5.49. The molecule has 116 valence electrons. The molecule has 1 unspecified atom stereocenters. The van der Waals surface area contributed by atoms with Crippen molar-refractivity contribution in [3.8, 4) is 0 Å². The van der Waals surface area contributed by atoms with Gasteiger partial charge in [0.1, 0.15) is 5.54 Å². The number of amides is 1. The standard InChI is InChI=1S/C14H21N3O3S/c1-4-17(10(2)18)13-15-11(9-21-13)8-16-7-5-6-14(16,3)12(19)20/h9H,4-8H2,1-3H3,(H,19,20). The van der Waals surface area contributed by atoms with Crippen LogP contribution in [0.5, 0.6) is 0 Å². The first-order chi connectivity index (χ1) is 9.88. The molecule has 2 rings (SSSR count). The largest absolute Gasteiger partial charge is 0.480 e. The van der Waals surface area contributed by atoms with E-state index in [0.29, 0.717) is 24.6 Å². The van der Waals surface area contributed by atoms with Gasteiger partial charge >= 0.3 is 5.97 Å². The van der Waals surface area contributed by atoms with Crippen LogP contribution in [-0.2, 0) is 16.1 Å². The predicted octanol–water partition coefficient (Wildman–Crippen LogP) is 1.95. The van der Waals surface area contributed by atoms with Gasteiger partial charge in [-0.1, -0.05) is 0 Å². The summed E-state index contributed by atoms with van der Waals surface area (Å²) in [5, 5.41) is 12.0. The molecule has 0 aromatic carbocycles. The number of hydrogen-bond acceptors (Lipinski definition) is 5. The van der Waals surface area contributed by atoms with Crippen molar-refractivity contribution in [1.82, 2.24) is 9.88 Å². The maximum atomic E-state index is 11.5. The van der Waals surface area contributed by atoms with Crippen LogP contribution < -0.4 is 4.90 Å². The van der Waals surface area contributed by atoms with E-state index in [1.807, 2.05) is 17.2 Å². The van der Waals surface area contributed by atoms with E-state index in [9.17, 15) is 14.7 Å². The molecule has 0 radical (unpaired) electrons. The van der Waals surface area contributed by atoms with Crippen molar-refractivity contribution in [2.45, 2.75) is 45.7 Å². The second kappa shape index (κ2) is 6.11. The van der Waals surface area contributed by atoms with E-state index < -0.39 is 11.5 Å². The molecule has 7 heteroatoms. The van der Waals surface area contributed by atoms with Gasteiger partial charge in [0, 0.05) is 25.4 Å². The molecule has 0 bridgehead atoms. The van der Waals surface area contributed by atoms with Crippen LogP contribution in [0.15, 0.2) is 5.38 Å². The average Bonchev–Trinajstić information content (AvgIpc) is 3.00. The van der Waals surface area contributed by atoms with E-state index in [1.165, 1.54) is 18.3 Å². The summed E-state index contributed by atoms with van der Waals surface area (Å²) in [5.74, 6) is -0.815. The minimum absolute atomic E-state index is 0.0325. The molecule has 1 fully saturated rings. The maximum Gasteiger partial charge on any atom is 0.323 e. The molecule has 21 heavy (non-hydrogen) atoms. The molecule has 1 aliphatic heterocycles. The van der Waals surface area contributed by atoms with Crippen molar-refractivity contribution in [1.29, 1.82) is 0 Å². The third kappa shape index (κ3) is 3.08. The number of thiazole rings is 1. The Labute approximate surface area is 128 Å². The zero-order valence-corrected chi connectivity index (χ0v) is 13.4. The number of rotatable bonds is 5. The van der Waals surface area contributed by atoms with Crippen LogP contribution >= 0.6 is 11.3 Å². The van der Waals surface area contributed by atoms with E-state index in [4.69, 9.17) is 0 Å². The van der Waals surface area contributed by atoms with Gasteiger partial charge in [-0.3, -0.25) is 19.4 Å². The van der Waals surface area contributed by atoms with Gasteiger partial charge in [0.05, 0.1) is 5.69 Å². The monoisotopic (exact) mass is 311 g/mol. The van der Waals surface area contributed by atoms with Gasteiger partial charge < -0.3 is 5.11 Å². The van der Waals surface area contributed by atoms with Gasteiger partial charge in [-0.15, -0.1) is 11.3 Å². The zero-order chi connectivity index (χ0) is 15.6. The van der Waals surface area contributed by atoms with Crippen LogP contribution in [0.4, 0.5) is 5.13 Å². The van der Waals surface area contributed by atoms with E-state index in [1.54, 1.807) is 11.8 Å². The molecule has 1 amide bonds. The number of aromatic nitrogens is 1. The average molecular weight is 311 g/mol. The number of carbonyl (C=O) groups is 2. The quantitative estimate of drug-likeness (QED) is 0.900. The van der Waals surface area contributed by atoms with Crippen molar-refractivity contribution in [3.05, 3.63) is 11.1 Å². The van der Waals surface area contributed by atoms with Gasteiger partial charge in [0.2, 0.25) is 5.91 Å². The Hall–Kier alpha value is -1.47. The topological polar surface area (TPSA) is 73.7 Å². The summed E-state index contributed by atoms with van der Waals surface area (Å²) in [6.45, 7) is 7.05. The lowest BCUT2D eigenvalue weighted by atomic mass is 9.99. The van der Waals surface area contributed by atoms with Gasteiger partial charge in [0.15, 0.2) is 5.13 Å². The Balaban J connectivity index is 2.12. The van der Waals surface area contributed by atoms with E-state index in [-0.39, 0.29) is 5.91 Å². The van der Waals surface area contributed by atoms with Gasteiger partial charge in [-0.25, -0.2) is 4.98 Å². The summed E-state index contributed by atoms with van der Waals surface area (Å²) in [6.07, 6.45) is 1.54. The lowest BCUT2D eigenvalue weighted by Crippen LogP contribution is -2.47. The molecular formula is C14H21N3O3S. The first kappa shape index (κ1) is 15.9. The summed E-state index contributed by atoms with van der Waals surface area (Å²) in [5.41, 5.74) is 0.0125. The lowest BCUT2D eigenvalue weighted by molar-refractivity contribution is -0.148. The minimum Gasteiger partial charge on any atom is -0.480 e. The minimum atomic E-state index is -0.811. The summed E-state index contributed by atoms with van der Waals surface area (Å²) in [4.78, 5) is 31.0. The first-order valence-electron chi connectivity index (χ1n) is 7.09. The number of aliphatic carboxylic acids is 1. The smallest absolute Gasteiger partial charge is 0.323 e. The third-order valence-corrected chi connectivity index (χ3v) is 4.98. The summed E-state index contributed by atoms with van der Waals surface area (Å²) < 4.78 is 0. The lowest BCUT2D eigenvalue weighted by Gasteiger charge is -2.30. The highest BCUT2D eigenvalue weighted by atomic mass is 32.1. The molecule has 0 spiro atoms. The molecule has 1 aliphatic rings. The zero-order valence-electron chi connectivity index (χ0n) is 12.6. The fourth-order valence-corrected chi connectivity index (χ4v) is 3.62. The van der Waals surface area contributed by atoms with Gasteiger partial charge in [0.25, 0.3) is 0 Å². The molecule has 2 heterocycles. The SMILES string of the molecule is CCN(C(C)=O)c1nc(CN2CCCC2(C)C(=O)O)cs1. The van der Waals surface area contributed by atoms with Crippen LogP contribution in [0.25, 0.3) is 0 Å².